The number of hydrogen-bond acceptors (Lipinski definition) is 3. The summed E-state index contributed by atoms with van der Waals surface area (Å²) >= 11 is 0. The number of nitrogens with one attached hydrogen (secondary N) is 1. The monoisotopic (exact) mass is 252 g/mol. The van der Waals surface area contributed by atoms with E-state index in [0.717, 1.165) is 38.5 Å². The molecule has 0 aromatic heterocycles. The standard InChI is InChI=1S/C14H24N2O2/c1-15-13(11-6-3-2-4-7-11)14(18)16-9-5-8-12(16)10-17/h10-13,15H,2-9H2,1H3. The van der Waals surface area contributed by atoms with Gasteiger partial charge in [-0.3, -0.25) is 4.79 Å². The first-order chi connectivity index (χ1) is 8.77. The van der Waals surface area contributed by atoms with Gasteiger partial charge in [-0.25, -0.2) is 0 Å². The van der Waals surface area contributed by atoms with Gasteiger partial charge in [-0.05, 0) is 38.6 Å². The summed E-state index contributed by atoms with van der Waals surface area (Å²) in [7, 11) is 1.86. The number of hydrogen-bond donors (Lipinski definition) is 1. The molecule has 1 saturated carbocycles. The van der Waals surface area contributed by atoms with Crippen molar-refractivity contribution in [2.45, 2.75) is 57.0 Å². The second-order valence-corrected chi connectivity index (χ2v) is 5.54. The maximum atomic E-state index is 12.5. The highest BCUT2D eigenvalue weighted by molar-refractivity contribution is 5.85. The van der Waals surface area contributed by atoms with Crippen LogP contribution in [0.5, 0.6) is 0 Å². The van der Waals surface area contributed by atoms with Gasteiger partial charge in [0.1, 0.15) is 6.29 Å². The Morgan fingerprint density at radius 3 is 2.56 bits per heavy atom. The number of likely N-dealkylation sites (tertiary alicyclic amines) is 1. The van der Waals surface area contributed by atoms with Crippen molar-refractivity contribution < 1.29 is 9.59 Å². The molecule has 102 valence electrons. The van der Waals surface area contributed by atoms with Gasteiger partial charge in [-0.15, -0.1) is 0 Å². The van der Waals surface area contributed by atoms with Gasteiger partial charge in [-0.1, -0.05) is 19.3 Å². The van der Waals surface area contributed by atoms with Crippen molar-refractivity contribution in [3.63, 3.8) is 0 Å². The number of amides is 1. The predicted molar refractivity (Wildman–Crippen MR) is 70.2 cm³/mol. The van der Waals surface area contributed by atoms with Crippen molar-refractivity contribution in [1.82, 2.24) is 10.2 Å². The zero-order chi connectivity index (χ0) is 13.0. The molecule has 18 heavy (non-hydrogen) atoms. The van der Waals surface area contributed by atoms with Crippen LogP contribution in [0.25, 0.3) is 0 Å². The summed E-state index contributed by atoms with van der Waals surface area (Å²) in [5.74, 6) is 0.586. The van der Waals surface area contributed by atoms with Crippen LogP contribution in [0.15, 0.2) is 0 Å². The predicted octanol–water partition coefficient (Wildman–Crippen LogP) is 1.34. The lowest BCUT2D eigenvalue weighted by Crippen LogP contribution is -2.51. The summed E-state index contributed by atoms with van der Waals surface area (Å²) < 4.78 is 0. The summed E-state index contributed by atoms with van der Waals surface area (Å²) in [5.41, 5.74) is 0. The molecule has 1 aliphatic carbocycles. The Morgan fingerprint density at radius 2 is 1.94 bits per heavy atom. The fourth-order valence-corrected chi connectivity index (χ4v) is 3.41. The Bertz CT molecular complexity index is 300. The number of aldehydes is 1. The van der Waals surface area contributed by atoms with Crippen molar-refractivity contribution in [3.05, 3.63) is 0 Å². The molecule has 0 radical (unpaired) electrons. The molecule has 1 amide bonds. The molecule has 4 nitrogen and oxygen atoms in total. The van der Waals surface area contributed by atoms with Crippen molar-refractivity contribution in [2.75, 3.05) is 13.6 Å². The third-order valence-corrected chi connectivity index (χ3v) is 4.44. The van der Waals surface area contributed by atoms with E-state index in [-0.39, 0.29) is 18.0 Å². The van der Waals surface area contributed by atoms with Gasteiger partial charge in [0.05, 0.1) is 12.1 Å². The molecule has 0 aromatic rings. The average molecular weight is 252 g/mol. The normalized spacial score (nSPS) is 27.2. The lowest BCUT2D eigenvalue weighted by Gasteiger charge is -2.33. The zero-order valence-corrected chi connectivity index (χ0v) is 11.2. The first kappa shape index (κ1) is 13.5. The Labute approximate surface area is 109 Å². The molecule has 0 bridgehead atoms. The van der Waals surface area contributed by atoms with Crippen LogP contribution in [0.4, 0.5) is 0 Å². The van der Waals surface area contributed by atoms with Crippen molar-refractivity contribution in [2.24, 2.45) is 5.92 Å². The van der Waals surface area contributed by atoms with Crippen LogP contribution in [0.3, 0.4) is 0 Å². The van der Waals surface area contributed by atoms with Crippen molar-refractivity contribution in [1.29, 1.82) is 0 Å². The lowest BCUT2D eigenvalue weighted by atomic mass is 9.83. The molecule has 2 fully saturated rings. The molecule has 1 heterocycles. The first-order valence-electron chi connectivity index (χ1n) is 7.21. The van der Waals surface area contributed by atoms with Crippen LogP contribution in [0.1, 0.15) is 44.9 Å². The molecule has 2 rings (SSSR count). The van der Waals surface area contributed by atoms with E-state index >= 15 is 0 Å². The van der Waals surface area contributed by atoms with Gasteiger partial charge in [0.15, 0.2) is 0 Å². The Balaban J connectivity index is 2.02. The van der Waals surface area contributed by atoms with E-state index in [2.05, 4.69) is 5.32 Å². The van der Waals surface area contributed by atoms with Crippen molar-refractivity contribution >= 4 is 12.2 Å². The molecule has 1 N–H and O–H groups in total. The van der Waals surface area contributed by atoms with Gasteiger partial charge in [0.25, 0.3) is 0 Å². The van der Waals surface area contributed by atoms with Gasteiger partial charge < -0.3 is 15.0 Å². The largest absolute Gasteiger partial charge is 0.332 e. The molecule has 1 aliphatic heterocycles. The molecular weight excluding hydrogens is 228 g/mol. The SMILES string of the molecule is CNC(C(=O)N1CCCC1C=O)C1CCCCC1. The molecule has 0 aromatic carbocycles. The van der Waals surface area contributed by atoms with Crippen LogP contribution < -0.4 is 5.32 Å². The molecule has 2 unspecified atom stereocenters. The third kappa shape index (κ3) is 2.74. The molecule has 2 atom stereocenters. The third-order valence-electron chi connectivity index (χ3n) is 4.44. The minimum atomic E-state index is -0.183. The summed E-state index contributed by atoms with van der Waals surface area (Å²) in [6.07, 6.45) is 8.74. The zero-order valence-electron chi connectivity index (χ0n) is 11.2. The molecule has 1 saturated heterocycles. The number of rotatable bonds is 4. The van der Waals surface area contributed by atoms with Crippen LogP contribution >= 0.6 is 0 Å². The quantitative estimate of drug-likeness (QED) is 0.768. The second kappa shape index (κ2) is 6.32. The van der Waals surface area contributed by atoms with Crippen LogP contribution in [-0.4, -0.2) is 42.8 Å². The highest BCUT2D eigenvalue weighted by Gasteiger charge is 2.36. The average Bonchev–Trinajstić information content (AvgIpc) is 2.89. The molecule has 4 heteroatoms. The smallest absolute Gasteiger partial charge is 0.240 e. The minimum Gasteiger partial charge on any atom is -0.332 e. The maximum absolute atomic E-state index is 12.5. The highest BCUT2D eigenvalue weighted by atomic mass is 16.2. The molecule has 2 aliphatic rings. The fraction of sp³-hybridized carbons (Fsp3) is 0.857. The van der Waals surface area contributed by atoms with Crippen LogP contribution in [-0.2, 0) is 9.59 Å². The number of carbonyl (C=O) groups excluding carboxylic acids is 2. The van der Waals surface area contributed by atoms with E-state index in [1.807, 2.05) is 7.05 Å². The maximum Gasteiger partial charge on any atom is 0.240 e. The lowest BCUT2D eigenvalue weighted by molar-refractivity contribution is -0.138. The minimum absolute atomic E-state index is 0.0918. The van der Waals surface area contributed by atoms with Crippen LogP contribution in [0, 0.1) is 5.92 Å². The second-order valence-electron chi connectivity index (χ2n) is 5.54. The number of nitrogens with zero attached hydrogens (tertiary/aromatic N) is 1. The first-order valence-corrected chi connectivity index (χ1v) is 7.21. The van der Waals surface area contributed by atoms with Gasteiger partial charge in [-0.2, -0.15) is 0 Å². The number of likely N-dealkylation sites (N-methyl/N-ethyl adjacent to an activating group) is 1. The van der Waals surface area contributed by atoms with E-state index in [9.17, 15) is 9.59 Å². The Kier molecular flexibility index (Phi) is 4.75. The number of carbonyl (C=O) groups is 2. The fourth-order valence-electron chi connectivity index (χ4n) is 3.41. The highest BCUT2D eigenvalue weighted by Crippen LogP contribution is 2.28. The van der Waals surface area contributed by atoms with Crippen molar-refractivity contribution in [3.8, 4) is 0 Å². The van der Waals surface area contributed by atoms with E-state index in [4.69, 9.17) is 0 Å². The van der Waals surface area contributed by atoms with Gasteiger partial charge >= 0.3 is 0 Å². The summed E-state index contributed by atoms with van der Waals surface area (Å²) in [4.78, 5) is 25.3. The van der Waals surface area contributed by atoms with E-state index in [1.54, 1.807) is 4.90 Å². The Hall–Kier alpha value is -0.900. The summed E-state index contributed by atoms with van der Waals surface area (Å²) in [5, 5.41) is 3.19. The molecule has 0 spiro atoms. The van der Waals surface area contributed by atoms with Gasteiger partial charge in [0, 0.05) is 6.54 Å². The van der Waals surface area contributed by atoms with E-state index in [0.29, 0.717) is 5.92 Å². The summed E-state index contributed by atoms with van der Waals surface area (Å²) in [6.45, 7) is 0.743. The van der Waals surface area contributed by atoms with E-state index in [1.165, 1.54) is 19.3 Å². The summed E-state index contributed by atoms with van der Waals surface area (Å²) in [6, 6.07) is -0.275. The van der Waals surface area contributed by atoms with Gasteiger partial charge in [0.2, 0.25) is 5.91 Å². The van der Waals surface area contributed by atoms with Crippen LogP contribution in [0.2, 0.25) is 0 Å². The Morgan fingerprint density at radius 1 is 1.22 bits per heavy atom. The topological polar surface area (TPSA) is 49.4 Å². The van der Waals surface area contributed by atoms with E-state index < -0.39 is 0 Å². The molecular formula is C14H24N2O2.